The number of rotatable bonds is 19. The third-order valence-electron chi connectivity index (χ3n) is 5.41. The van der Waals surface area contributed by atoms with Crippen LogP contribution in [0.4, 0.5) is 0 Å². The minimum Gasteiger partial charge on any atom is -0.772 e. The molecule has 0 saturated carbocycles. The second-order valence-electron chi connectivity index (χ2n) is 8.38. The topological polar surface area (TPSA) is 57.2 Å². The Bertz CT molecular complexity index is 702. The van der Waals surface area contributed by atoms with Crippen LogP contribution in [0.25, 0.3) is 0 Å². The molecule has 1 aromatic rings. The van der Waals surface area contributed by atoms with Gasteiger partial charge < -0.3 is 4.55 Å². The summed E-state index contributed by atoms with van der Waals surface area (Å²) in [5, 5.41) is 1.67. The van der Waals surface area contributed by atoms with E-state index >= 15 is 0 Å². The molecule has 0 saturated heterocycles. The molecule has 6 heteroatoms. The Morgan fingerprint density at radius 1 is 0.906 bits per heavy atom. The second kappa shape index (κ2) is 19.9. The van der Waals surface area contributed by atoms with Crippen molar-refractivity contribution in [1.29, 1.82) is 0 Å². The molecule has 0 N–H and O–H groups in total. The molecule has 32 heavy (non-hydrogen) atoms. The molecular weight excluding hydrogens is 504 g/mol. The van der Waals surface area contributed by atoms with Crippen LogP contribution < -0.4 is 0 Å². The summed E-state index contributed by atoms with van der Waals surface area (Å²) in [4.78, 5) is 0. The highest BCUT2D eigenvalue weighted by Crippen LogP contribution is 2.16. The molecule has 1 rings (SSSR count). The van der Waals surface area contributed by atoms with Crippen LogP contribution in [0.3, 0.4) is 0 Å². The maximum Gasteiger partial charge on any atom is 0.0526 e. The van der Waals surface area contributed by atoms with E-state index in [1.807, 2.05) is 30.3 Å². The zero-order chi connectivity index (χ0) is 23.4. The smallest absolute Gasteiger partial charge is 0.0526 e. The van der Waals surface area contributed by atoms with Crippen LogP contribution in [0.2, 0.25) is 0 Å². The molecule has 3 nitrogen and oxygen atoms in total. The van der Waals surface area contributed by atoms with Crippen molar-refractivity contribution in [2.24, 2.45) is 5.92 Å². The number of hydrogen-bond donors (Lipinski definition) is 0. The number of unbranched alkanes of at least 4 members (excludes halogenated alkanes) is 9. The van der Waals surface area contributed by atoms with Gasteiger partial charge in [0.1, 0.15) is 0 Å². The summed E-state index contributed by atoms with van der Waals surface area (Å²) < 4.78 is 35.7. The fraction of sp³-hybridized carbons (Fsp3) is 0.615. The predicted octanol–water partition coefficient (Wildman–Crippen LogP) is 7.96. The molecule has 0 aliphatic rings. The summed E-state index contributed by atoms with van der Waals surface area (Å²) in [5.41, 5.74) is 1.00. The van der Waals surface area contributed by atoms with Gasteiger partial charge in [0.25, 0.3) is 0 Å². The molecular formula is C26H40BrO3S2-. The van der Waals surface area contributed by atoms with E-state index < -0.39 is 21.9 Å². The number of halogens is 1. The van der Waals surface area contributed by atoms with Crippen molar-refractivity contribution in [3.63, 3.8) is 0 Å². The van der Waals surface area contributed by atoms with Gasteiger partial charge in [-0.25, -0.2) is 0 Å². The lowest BCUT2D eigenvalue weighted by Gasteiger charge is -2.14. The molecule has 1 aromatic carbocycles. The standard InChI is InChI=1S/C26H41BrO3S2/c1-2-3-4-5-6-7-8-9-10-11-12-13-14-15-24(23-32(29)30)20-21-31(28)22-25-16-18-26(27)19-17-25/h9-10,16-21,24H,2-8,11-15,22-23H2,1H3,(H,29,30)/p-1. The van der Waals surface area contributed by atoms with Crippen LogP contribution >= 0.6 is 15.9 Å². The highest BCUT2D eigenvalue weighted by Gasteiger charge is 2.06. The molecule has 3 atom stereocenters. The molecule has 0 radical (unpaired) electrons. The lowest BCUT2D eigenvalue weighted by molar-refractivity contribution is 0.513. The first kappa shape index (κ1) is 29.5. The lowest BCUT2D eigenvalue weighted by atomic mass is 10.0. The van der Waals surface area contributed by atoms with Crippen molar-refractivity contribution >= 4 is 37.8 Å². The Balaban J connectivity index is 2.21. The summed E-state index contributed by atoms with van der Waals surface area (Å²) in [6.45, 7) is 2.25. The lowest BCUT2D eigenvalue weighted by Crippen LogP contribution is -2.09. The van der Waals surface area contributed by atoms with Crippen molar-refractivity contribution in [3.05, 3.63) is 57.9 Å². The van der Waals surface area contributed by atoms with Gasteiger partial charge in [-0.05, 0) is 61.1 Å². The van der Waals surface area contributed by atoms with Crippen molar-refractivity contribution in [1.82, 2.24) is 0 Å². The number of benzene rings is 1. The Morgan fingerprint density at radius 2 is 1.50 bits per heavy atom. The van der Waals surface area contributed by atoms with E-state index in [1.165, 1.54) is 44.9 Å². The Kier molecular flexibility index (Phi) is 18.3. The third kappa shape index (κ3) is 17.0. The summed E-state index contributed by atoms with van der Waals surface area (Å²) in [5.74, 6) is 0.483. The van der Waals surface area contributed by atoms with Crippen LogP contribution in [0.5, 0.6) is 0 Å². The molecule has 182 valence electrons. The zero-order valence-electron chi connectivity index (χ0n) is 19.5. The van der Waals surface area contributed by atoms with E-state index in [4.69, 9.17) is 0 Å². The summed E-state index contributed by atoms with van der Waals surface area (Å²) in [7, 11) is -1.14. The first-order chi connectivity index (χ1) is 15.5. The molecule has 0 bridgehead atoms. The van der Waals surface area contributed by atoms with Gasteiger partial charge in [0.15, 0.2) is 0 Å². The third-order valence-corrected chi connectivity index (χ3v) is 7.72. The first-order valence-electron chi connectivity index (χ1n) is 12.0. The summed E-state index contributed by atoms with van der Waals surface area (Å²) >= 11 is 1.31. The van der Waals surface area contributed by atoms with Gasteiger partial charge in [0.05, 0.1) is 5.75 Å². The van der Waals surface area contributed by atoms with Crippen molar-refractivity contribution in [2.75, 3.05) is 5.75 Å². The quantitative estimate of drug-likeness (QED) is 0.101. The van der Waals surface area contributed by atoms with Gasteiger partial charge in [-0.2, -0.15) is 0 Å². The largest absolute Gasteiger partial charge is 0.772 e. The fourth-order valence-electron chi connectivity index (χ4n) is 3.53. The number of allylic oxidation sites excluding steroid dienone is 3. The molecule has 0 heterocycles. The number of hydrogen-bond acceptors (Lipinski definition) is 3. The van der Waals surface area contributed by atoms with Crippen molar-refractivity contribution in [3.8, 4) is 0 Å². The van der Waals surface area contributed by atoms with Crippen molar-refractivity contribution < 1.29 is 13.0 Å². The second-order valence-corrected chi connectivity index (χ2v) is 11.6. The molecule has 0 amide bonds. The normalized spacial score (nSPS) is 14.8. The van der Waals surface area contributed by atoms with Crippen LogP contribution in [0.1, 0.15) is 89.5 Å². The van der Waals surface area contributed by atoms with E-state index in [0.717, 1.165) is 42.1 Å². The minimum absolute atomic E-state index is 0.0644. The average Bonchev–Trinajstić information content (AvgIpc) is 2.76. The van der Waals surface area contributed by atoms with Crippen LogP contribution in [-0.2, 0) is 27.6 Å². The molecule has 0 aromatic heterocycles. The van der Waals surface area contributed by atoms with E-state index in [1.54, 1.807) is 5.41 Å². The highest BCUT2D eigenvalue weighted by molar-refractivity contribution is 9.10. The maximum absolute atomic E-state index is 12.3. The Labute approximate surface area is 209 Å². The van der Waals surface area contributed by atoms with Crippen LogP contribution in [-0.4, -0.2) is 18.7 Å². The van der Waals surface area contributed by atoms with E-state index in [2.05, 4.69) is 35.0 Å². The molecule has 0 fully saturated rings. The molecule has 0 aliphatic carbocycles. The highest BCUT2D eigenvalue weighted by atomic mass is 79.9. The summed E-state index contributed by atoms with van der Waals surface area (Å²) in [6, 6.07) is 7.76. The molecule has 3 unspecified atom stereocenters. The zero-order valence-corrected chi connectivity index (χ0v) is 22.7. The maximum atomic E-state index is 12.3. The van der Waals surface area contributed by atoms with Gasteiger partial charge in [0.2, 0.25) is 0 Å². The van der Waals surface area contributed by atoms with Gasteiger partial charge in [-0.1, -0.05) is 109 Å². The fourth-order valence-corrected chi connectivity index (χ4v) is 5.43. The SMILES string of the molecule is CCCCCCCCC=CCCCCCC(C=CS(=O)Cc1ccc(Br)cc1)CS(=O)[O-]. The first-order valence-corrected chi connectivity index (χ1v) is 15.4. The Morgan fingerprint density at radius 3 is 2.12 bits per heavy atom. The Hall–Kier alpha value is -0.560. The van der Waals surface area contributed by atoms with Gasteiger partial charge in [0, 0.05) is 21.0 Å². The summed E-state index contributed by atoms with van der Waals surface area (Å²) in [6.07, 6.45) is 20.8. The van der Waals surface area contributed by atoms with Gasteiger partial charge in [-0.15, -0.1) is 0 Å². The van der Waals surface area contributed by atoms with E-state index in [0.29, 0.717) is 5.75 Å². The minimum atomic E-state index is -2.08. The van der Waals surface area contributed by atoms with Crippen LogP contribution in [0, 0.1) is 5.92 Å². The van der Waals surface area contributed by atoms with E-state index in [9.17, 15) is 13.0 Å². The van der Waals surface area contributed by atoms with Crippen molar-refractivity contribution in [2.45, 2.75) is 89.7 Å². The van der Waals surface area contributed by atoms with Gasteiger partial charge in [-0.3, -0.25) is 8.42 Å². The predicted molar refractivity (Wildman–Crippen MR) is 143 cm³/mol. The average molecular weight is 545 g/mol. The molecule has 0 spiro atoms. The van der Waals surface area contributed by atoms with Crippen LogP contribution in [0.15, 0.2) is 52.4 Å². The monoisotopic (exact) mass is 543 g/mol. The molecule has 0 aliphatic heterocycles. The van der Waals surface area contributed by atoms with Gasteiger partial charge >= 0.3 is 0 Å². The van der Waals surface area contributed by atoms with E-state index in [-0.39, 0.29) is 11.7 Å².